The fraction of sp³-hybridized carbons (Fsp3) is 0.600. The van der Waals surface area contributed by atoms with Gasteiger partial charge >= 0.3 is 0 Å². The molecule has 0 saturated carbocycles. The maximum Gasteiger partial charge on any atom is 0.141 e. The lowest BCUT2D eigenvalue weighted by atomic mass is 10.2. The number of piperazine rings is 1. The molecule has 3 rings (SSSR count). The average Bonchev–Trinajstić information content (AvgIpc) is 2.73. The number of hydrogen-bond acceptors (Lipinski definition) is 5. The van der Waals surface area contributed by atoms with Gasteiger partial charge < -0.3 is 9.80 Å². The summed E-state index contributed by atoms with van der Waals surface area (Å²) in [6.07, 6.45) is 0. The van der Waals surface area contributed by atoms with Crippen LogP contribution in [0.2, 0.25) is 0 Å². The summed E-state index contributed by atoms with van der Waals surface area (Å²) in [5.41, 5.74) is 1.35. The molecular weight excluding hydrogens is 268 g/mol. The van der Waals surface area contributed by atoms with Crippen LogP contribution in [0, 0.1) is 20.8 Å². The lowest BCUT2D eigenvalue weighted by Gasteiger charge is -2.35. The minimum absolute atomic E-state index is 0.881. The lowest BCUT2D eigenvalue weighted by Crippen LogP contribution is -2.46. The Hall–Kier alpha value is -1.20. The second-order valence-corrected chi connectivity index (χ2v) is 6.68. The van der Waals surface area contributed by atoms with Crippen LogP contribution in [0.3, 0.4) is 0 Å². The van der Waals surface area contributed by atoms with Gasteiger partial charge in [0.25, 0.3) is 0 Å². The Labute approximate surface area is 124 Å². The SMILES string of the molecule is CCN1CCN(c2nc(C)nc3sc(C)c(C)c23)CC1. The predicted molar refractivity (Wildman–Crippen MR) is 86.0 cm³/mol. The number of anilines is 1. The van der Waals surface area contributed by atoms with Gasteiger partial charge in [-0.25, -0.2) is 9.97 Å². The van der Waals surface area contributed by atoms with Gasteiger partial charge in [-0.1, -0.05) is 6.92 Å². The van der Waals surface area contributed by atoms with Gasteiger partial charge in [-0.3, -0.25) is 0 Å². The number of hydrogen-bond donors (Lipinski definition) is 0. The third-order valence-corrected chi connectivity index (χ3v) is 5.34. The van der Waals surface area contributed by atoms with Crippen LogP contribution in [0.25, 0.3) is 10.2 Å². The summed E-state index contributed by atoms with van der Waals surface area (Å²) in [7, 11) is 0. The van der Waals surface area contributed by atoms with Gasteiger partial charge in [0.2, 0.25) is 0 Å². The van der Waals surface area contributed by atoms with Gasteiger partial charge in [0.05, 0.1) is 5.39 Å². The Bertz CT molecular complexity index is 626. The van der Waals surface area contributed by atoms with Crippen molar-refractivity contribution in [1.82, 2.24) is 14.9 Å². The molecule has 0 N–H and O–H groups in total. The van der Waals surface area contributed by atoms with Crippen LogP contribution in [0.4, 0.5) is 5.82 Å². The molecule has 1 aliphatic heterocycles. The Morgan fingerprint density at radius 2 is 1.75 bits per heavy atom. The number of likely N-dealkylation sites (N-methyl/N-ethyl adjacent to an activating group) is 1. The maximum atomic E-state index is 4.75. The van der Waals surface area contributed by atoms with Crippen molar-refractivity contribution in [3.05, 3.63) is 16.3 Å². The molecule has 0 aromatic carbocycles. The van der Waals surface area contributed by atoms with Gasteiger partial charge in [-0.15, -0.1) is 11.3 Å². The molecule has 3 heterocycles. The molecule has 1 fully saturated rings. The number of aromatic nitrogens is 2. The molecule has 0 aliphatic carbocycles. The van der Waals surface area contributed by atoms with E-state index in [0.29, 0.717) is 0 Å². The Balaban J connectivity index is 2.02. The second kappa shape index (κ2) is 5.30. The Morgan fingerprint density at radius 1 is 1.05 bits per heavy atom. The summed E-state index contributed by atoms with van der Waals surface area (Å²) in [5.74, 6) is 2.02. The number of fused-ring (bicyclic) bond motifs is 1. The van der Waals surface area contributed by atoms with E-state index in [2.05, 4.69) is 35.6 Å². The van der Waals surface area contributed by atoms with Crippen LogP contribution < -0.4 is 4.90 Å². The largest absolute Gasteiger partial charge is 0.353 e. The zero-order chi connectivity index (χ0) is 14.3. The molecule has 2 aromatic heterocycles. The molecule has 0 unspecified atom stereocenters. The molecule has 0 bridgehead atoms. The van der Waals surface area contributed by atoms with Crippen molar-refractivity contribution in [2.45, 2.75) is 27.7 Å². The van der Waals surface area contributed by atoms with Crippen LogP contribution in [0.15, 0.2) is 0 Å². The van der Waals surface area contributed by atoms with Crippen LogP contribution >= 0.6 is 11.3 Å². The highest BCUT2D eigenvalue weighted by Gasteiger charge is 2.21. The van der Waals surface area contributed by atoms with E-state index in [1.165, 1.54) is 15.8 Å². The standard InChI is InChI=1S/C15H22N4S/c1-5-18-6-8-19(9-7-18)14-13-10(2)11(3)20-15(13)17-12(4)16-14/h5-9H2,1-4H3. The molecule has 4 nitrogen and oxygen atoms in total. The molecule has 0 radical (unpaired) electrons. The highest BCUT2D eigenvalue weighted by Crippen LogP contribution is 2.35. The van der Waals surface area contributed by atoms with E-state index in [9.17, 15) is 0 Å². The summed E-state index contributed by atoms with van der Waals surface area (Å²) < 4.78 is 0. The zero-order valence-corrected chi connectivity index (χ0v) is 13.5. The van der Waals surface area contributed by atoms with Crippen LogP contribution in [0.5, 0.6) is 0 Å². The van der Waals surface area contributed by atoms with Crippen molar-refractivity contribution in [2.75, 3.05) is 37.6 Å². The van der Waals surface area contributed by atoms with Crippen molar-refractivity contribution in [3.63, 3.8) is 0 Å². The van der Waals surface area contributed by atoms with Crippen LogP contribution in [-0.4, -0.2) is 47.6 Å². The van der Waals surface area contributed by atoms with E-state index >= 15 is 0 Å². The van der Waals surface area contributed by atoms with E-state index in [4.69, 9.17) is 4.98 Å². The van der Waals surface area contributed by atoms with E-state index in [1.807, 2.05) is 6.92 Å². The Kier molecular flexibility index (Phi) is 3.65. The molecule has 108 valence electrons. The molecule has 20 heavy (non-hydrogen) atoms. The number of aryl methyl sites for hydroxylation is 3. The maximum absolute atomic E-state index is 4.75. The highest BCUT2D eigenvalue weighted by atomic mass is 32.1. The van der Waals surface area contributed by atoms with E-state index < -0.39 is 0 Å². The summed E-state index contributed by atoms with van der Waals surface area (Å²) in [6.45, 7) is 14.1. The van der Waals surface area contributed by atoms with Crippen LogP contribution in [0.1, 0.15) is 23.2 Å². The van der Waals surface area contributed by atoms with E-state index in [-0.39, 0.29) is 0 Å². The van der Waals surface area contributed by atoms with Crippen LogP contribution in [-0.2, 0) is 0 Å². The molecule has 1 aliphatic rings. The zero-order valence-electron chi connectivity index (χ0n) is 12.7. The van der Waals surface area contributed by atoms with Crippen molar-refractivity contribution in [1.29, 1.82) is 0 Å². The minimum atomic E-state index is 0.881. The predicted octanol–water partition coefficient (Wildman–Crippen LogP) is 2.76. The van der Waals surface area contributed by atoms with E-state index in [1.54, 1.807) is 11.3 Å². The molecular formula is C15H22N4S. The minimum Gasteiger partial charge on any atom is -0.353 e. The summed E-state index contributed by atoms with van der Waals surface area (Å²) in [5, 5.41) is 1.27. The average molecular weight is 290 g/mol. The molecule has 5 heteroatoms. The topological polar surface area (TPSA) is 32.3 Å². The third-order valence-electron chi connectivity index (χ3n) is 4.24. The first kappa shape index (κ1) is 13.8. The monoisotopic (exact) mass is 290 g/mol. The van der Waals surface area contributed by atoms with Crippen molar-refractivity contribution >= 4 is 27.4 Å². The molecule has 0 atom stereocenters. The van der Waals surface area contributed by atoms with Crippen molar-refractivity contribution in [2.24, 2.45) is 0 Å². The quantitative estimate of drug-likeness (QED) is 0.851. The first-order valence-electron chi connectivity index (χ1n) is 7.31. The fourth-order valence-electron chi connectivity index (χ4n) is 2.84. The van der Waals surface area contributed by atoms with Gasteiger partial charge in [-0.05, 0) is 32.9 Å². The summed E-state index contributed by atoms with van der Waals surface area (Å²) in [6, 6.07) is 0. The smallest absolute Gasteiger partial charge is 0.141 e. The lowest BCUT2D eigenvalue weighted by molar-refractivity contribution is 0.270. The fourth-order valence-corrected chi connectivity index (χ4v) is 3.91. The summed E-state index contributed by atoms with van der Waals surface area (Å²) in [4.78, 5) is 16.8. The molecule has 0 spiro atoms. The molecule has 1 saturated heterocycles. The normalized spacial score (nSPS) is 17.1. The summed E-state index contributed by atoms with van der Waals surface area (Å²) >= 11 is 1.79. The van der Waals surface area contributed by atoms with Crippen molar-refractivity contribution < 1.29 is 0 Å². The van der Waals surface area contributed by atoms with Gasteiger partial charge in [-0.2, -0.15) is 0 Å². The second-order valence-electron chi connectivity index (χ2n) is 5.48. The van der Waals surface area contributed by atoms with Crippen molar-refractivity contribution in [3.8, 4) is 0 Å². The molecule has 0 amide bonds. The van der Waals surface area contributed by atoms with Gasteiger partial charge in [0.15, 0.2) is 0 Å². The molecule has 2 aromatic rings. The van der Waals surface area contributed by atoms with Gasteiger partial charge in [0, 0.05) is 31.1 Å². The Morgan fingerprint density at radius 3 is 2.40 bits per heavy atom. The first-order chi connectivity index (χ1) is 9.60. The first-order valence-corrected chi connectivity index (χ1v) is 8.13. The number of thiophene rings is 1. The number of rotatable bonds is 2. The van der Waals surface area contributed by atoms with Gasteiger partial charge in [0.1, 0.15) is 16.5 Å². The number of nitrogens with zero attached hydrogens (tertiary/aromatic N) is 4. The highest BCUT2D eigenvalue weighted by molar-refractivity contribution is 7.18. The third kappa shape index (κ3) is 2.29. The van der Waals surface area contributed by atoms with E-state index in [0.717, 1.165) is 49.2 Å².